The van der Waals surface area contributed by atoms with E-state index < -0.39 is 0 Å². The molecule has 0 spiro atoms. The molecule has 0 unspecified atom stereocenters. The van der Waals surface area contributed by atoms with Crippen LogP contribution in [0.25, 0.3) is 6.08 Å². The number of ether oxygens (including phenoxy) is 2. The van der Waals surface area contributed by atoms with E-state index in [1.54, 1.807) is 30.2 Å². The van der Waals surface area contributed by atoms with E-state index in [4.69, 9.17) is 33.3 Å². The van der Waals surface area contributed by atoms with Crippen molar-refractivity contribution in [3.63, 3.8) is 0 Å². The number of halogens is 1. The minimum atomic E-state index is -0.122. The molecule has 0 radical (unpaired) electrons. The maximum absolute atomic E-state index is 13.0. The van der Waals surface area contributed by atoms with Crippen LogP contribution in [0.4, 0.5) is 0 Å². The van der Waals surface area contributed by atoms with Gasteiger partial charge in [0.1, 0.15) is 10.9 Å². The number of rotatable bonds is 7. The Morgan fingerprint density at radius 1 is 1.06 bits per heavy atom. The highest BCUT2D eigenvalue weighted by atomic mass is 35.5. The van der Waals surface area contributed by atoms with Gasteiger partial charge in [-0.25, -0.2) is 0 Å². The Kier molecular flexibility index (Phi) is 7.38. The molecule has 1 heterocycles. The standard InChI is InChI=1S/C26H22ClNO3S2/c1-17-8-10-19(11-9-17)16-31-24-21(27)12-20(13-22(24)30-2)14-23-25(29)28(26(32)33-23)15-18-6-4-3-5-7-18/h3-14H,15-16H2,1-2H3/b23-14+. The van der Waals surface area contributed by atoms with Crippen molar-refractivity contribution >= 4 is 51.9 Å². The average Bonchev–Trinajstić information content (AvgIpc) is 3.07. The number of carbonyl (C=O) groups is 1. The van der Waals surface area contributed by atoms with Crippen LogP contribution < -0.4 is 9.47 Å². The van der Waals surface area contributed by atoms with Crippen LogP contribution in [-0.4, -0.2) is 22.2 Å². The van der Waals surface area contributed by atoms with E-state index in [9.17, 15) is 4.79 Å². The molecule has 0 aromatic heterocycles. The van der Waals surface area contributed by atoms with Crippen LogP contribution >= 0.6 is 35.6 Å². The number of aryl methyl sites for hydroxylation is 1. The highest BCUT2D eigenvalue weighted by Crippen LogP contribution is 2.39. The molecule has 168 valence electrons. The first-order chi connectivity index (χ1) is 15.9. The minimum absolute atomic E-state index is 0.122. The van der Waals surface area contributed by atoms with Gasteiger partial charge in [-0.2, -0.15) is 0 Å². The summed E-state index contributed by atoms with van der Waals surface area (Å²) in [6.07, 6.45) is 1.78. The fourth-order valence-corrected chi connectivity index (χ4v) is 4.89. The zero-order valence-corrected chi connectivity index (χ0v) is 20.6. The van der Waals surface area contributed by atoms with Crippen LogP contribution in [-0.2, 0) is 17.9 Å². The topological polar surface area (TPSA) is 38.8 Å². The quantitative estimate of drug-likeness (QED) is 0.271. The maximum atomic E-state index is 13.0. The van der Waals surface area contributed by atoms with Crippen molar-refractivity contribution in [2.75, 3.05) is 7.11 Å². The predicted octanol–water partition coefficient (Wildman–Crippen LogP) is 6.64. The molecule has 1 fully saturated rings. The predicted molar refractivity (Wildman–Crippen MR) is 139 cm³/mol. The van der Waals surface area contributed by atoms with E-state index in [0.29, 0.717) is 38.9 Å². The minimum Gasteiger partial charge on any atom is -0.493 e. The summed E-state index contributed by atoms with van der Waals surface area (Å²) >= 11 is 13.3. The van der Waals surface area contributed by atoms with E-state index in [2.05, 4.69) is 0 Å². The first-order valence-corrected chi connectivity index (χ1v) is 11.9. The monoisotopic (exact) mass is 495 g/mol. The number of carbonyl (C=O) groups excluding carboxylic acids is 1. The molecule has 4 nitrogen and oxygen atoms in total. The second kappa shape index (κ2) is 10.4. The lowest BCUT2D eigenvalue weighted by Crippen LogP contribution is -2.27. The Morgan fingerprint density at radius 2 is 1.79 bits per heavy atom. The van der Waals surface area contributed by atoms with Crippen LogP contribution in [0, 0.1) is 6.92 Å². The van der Waals surface area contributed by atoms with Crippen LogP contribution in [0.5, 0.6) is 11.5 Å². The van der Waals surface area contributed by atoms with Gasteiger partial charge >= 0.3 is 0 Å². The lowest BCUT2D eigenvalue weighted by molar-refractivity contribution is -0.122. The van der Waals surface area contributed by atoms with Crippen molar-refractivity contribution in [1.29, 1.82) is 0 Å². The van der Waals surface area contributed by atoms with Crippen LogP contribution in [0.2, 0.25) is 5.02 Å². The zero-order valence-electron chi connectivity index (χ0n) is 18.2. The molecule has 1 saturated heterocycles. The molecular formula is C26H22ClNO3S2. The van der Waals surface area contributed by atoms with Crippen molar-refractivity contribution in [2.24, 2.45) is 0 Å². The molecule has 1 amide bonds. The summed E-state index contributed by atoms with van der Waals surface area (Å²) in [6.45, 7) is 2.85. The maximum Gasteiger partial charge on any atom is 0.266 e. The third kappa shape index (κ3) is 5.58. The third-order valence-corrected chi connectivity index (χ3v) is 6.77. The normalized spacial score (nSPS) is 14.8. The van der Waals surface area contributed by atoms with Gasteiger partial charge in [-0.15, -0.1) is 0 Å². The number of hydrogen-bond acceptors (Lipinski definition) is 5. The Morgan fingerprint density at radius 3 is 2.48 bits per heavy atom. The summed E-state index contributed by atoms with van der Waals surface area (Å²) in [5, 5.41) is 0.410. The van der Waals surface area contributed by atoms with Crippen molar-refractivity contribution in [3.05, 3.63) is 98.9 Å². The van der Waals surface area contributed by atoms with Crippen LogP contribution in [0.15, 0.2) is 71.6 Å². The van der Waals surface area contributed by atoms with E-state index in [1.807, 2.05) is 61.5 Å². The number of amides is 1. The molecule has 33 heavy (non-hydrogen) atoms. The number of benzene rings is 3. The van der Waals surface area contributed by atoms with Gasteiger partial charge in [0, 0.05) is 0 Å². The largest absolute Gasteiger partial charge is 0.493 e. The number of methoxy groups -OCH3 is 1. The van der Waals surface area contributed by atoms with Crippen LogP contribution in [0.1, 0.15) is 22.3 Å². The molecule has 3 aromatic carbocycles. The Balaban J connectivity index is 1.53. The van der Waals surface area contributed by atoms with Gasteiger partial charge in [0.25, 0.3) is 5.91 Å². The van der Waals surface area contributed by atoms with Crippen molar-refractivity contribution in [3.8, 4) is 11.5 Å². The zero-order chi connectivity index (χ0) is 23.4. The van der Waals surface area contributed by atoms with E-state index >= 15 is 0 Å². The van der Waals surface area contributed by atoms with Gasteiger partial charge in [0.2, 0.25) is 0 Å². The first-order valence-electron chi connectivity index (χ1n) is 10.3. The molecule has 3 aromatic rings. The molecule has 0 N–H and O–H groups in total. The first kappa shape index (κ1) is 23.4. The van der Waals surface area contributed by atoms with Gasteiger partial charge in [0.05, 0.1) is 23.6 Å². The second-order valence-corrected chi connectivity index (χ2v) is 9.64. The SMILES string of the molecule is COc1cc(/C=C2/SC(=S)N(Cc3ccccc3)C2=O)cc(Cl)c1OCc1ccc(C)cc1. The molecule has 4 rings (SSSR count). The Hall–Kier alpha value is -2.80. The number of thiocarbonyl (C=S) groups is 1. The van der Waals surface area contributed by atoms with Crippen molar-refractivity contribution in [1.82, 2.24) is 4.90 Å². The highest BCUT2D eigenvalue weighted by molar-refractivity contribution is 8.26. The second-order valence-electron chi connectivity index (χ2n) is 7.56. The molecular weight excluding hydrogens is 474 g/mol. The van der Waals surface area contributed by atoms with Crippen molar-refractivity contribution < 1.29 is 14.3 Å². The van der Waals surface area contributed by atoms with E-state index in [0.717, 1.165) is 16.7 Å². The lowest BCUT2D eigenvalue weighted by Gasteiger charge is -2.14. The van der Waals surface area contributed by atoms with Gasteiger partial charge in [0.15, 0.2) is 11.5 Å². The summed E-state index contributed by atoms with van der Waals surface area (Å²) in [4.78, 5) is 15.1. The molecule has 7 heteroatoms. The fraction of sp³-hybridized carbons (Fsp3) is 0.154. The smallest absolute Gasteiger partial charge is 0.266 e. The average molecular weight is 496 g/mol. The van der Waals surface area contributed by atoms with Crippen molar-refractivity contribution in [2.45, 2.75) is 20.1 Å². The molecule has 0 saturated carbocycles. The summed E-state index contributed by atoms with van der Waals surface area (Å²) in [6, 6.07) is 21.5. The summed E-state index contributed by atoms with van der Waals surface area (Å²) in [7, 11) is 1.56. The number of nitrogens with zero attached hydrogens (tertiary/aromatic N) is 1. The van der Waals surface area contributed by atoms with E-state index in [-0.39, 0.29) is 5.91 Å². The third-order valence-electron chi connectivity index (χ3n) is 5.11. The van der Waals surface area contributed by atoms with E-state index in [1.165, 1.54) is 17.3 Å². The summed E-state index contributed by atoms with van der Waals surface area (Å²) < 4.78 is 12.0. The van der Waals surface area contributed by atoms with Gasteiger partial charge in [-0.3, -0.25) is 9.69 Å². The van der Waals surface area contributed by atoms with Crippen LogP contribution in [0.3, 0.4) is 0 Å². The van der Waals surface area contributed by atoms with Gasteiger partial charge in [-0.05, 0) is 41.8 Å². The summed E-state index contributed by atoms with van der Waals surface area (Å²) in [5.41, 5.74) is 3.98. The molecule has 0 aliphatic carbocycles. The Bertz CT molecular complexity index is 1210. The van der Waals surface area contributed by atoms with Gasteiger partial charge in [-0.1, -0.05) is 95.7 Å². The number of hydrogen-bond donors (Lipinski definition) is 0. The highest BCUT2D eigenvalue weighted by Gasteiger charge is 2.32. The molecule has 1 aliphatic heterocycles. The molecule has 0 atom stereocenters. The lowest BCUT2D eigenvalue weighted by atomic mass is 10.1. The fourth-order valence-electron chi connectivity index (χ4n) is 3.36. The molecule has 0 bridgehead atoms. The molecule has 1 aliphatic rings. The Labute approximate surface area is 208 Å². The number of thioether (sulfide) groups is 1. The van der Waals surface area contributed by atoms with Gasteiger partial charge < -0.3 is 9.47 Å². The summed E-state index contributed by atoms with van der Waals surface area (Å²) in [5.74, 6) is 0.845.